The standard InChI is InChI=1S/C20H29NOS/c1-16-10-8-9-15-19(16)22-20(23)21(17-11-4-2-5-12-17)18-13-6-3-7-14-18/h8-10,15,17-18H,2-7,11-14H2,1H3. The van der Waals surface area contributed by atoms with E-state index in [1.54, 1.807) is 0 Å². The van der Waals surface area contributed by atoms with Crippen molar-refractivity contribution >= 4 is 17.4 Å². The molecule has 0 radical (unpaired) electrons. The molecule has 3 rings (SSSR count). The summed E-state index contributed by atoms with van der Waals surface area (Å²) in [6.45, 7) is 2.09. The first-order chi connectivity index (χ1) is 11.3. The summed E-state index contributed by atoms with van der Waals surface area (Å²) in [7, 11) is 0. The van der Waals surface area contributed by atoms with Gasteiger partial charge in [0, 0.05) is 12.1 Å². The van der Waals surface area contributed by atoms with Crippen molar-refractivity contribution in [1.29, 1.82) is 0 Å². The number of hydrogen-bond acceptors (Lipinski definition) is 2. The lowest BCUT2D eigenvalue weighted by Gasteiger charge is -2.42. The van der Waals surface area contributed by atoms with Crippen molar-refractivity contribution in [1.82, 2.24) is 4.90 Å². The monoisotopic (exact) mass is 331 g/mol. The Morgan fingerprint density at radius 1 is 0.913 bits per heavy atom. The van der Waals surface area contributed by atoms with Crippen LogP contribution < -0.4 is 4.74 Å². The topological polar surface area (TPSA) is 12.5 Å². The Labute approximate surface area is 146 Å². The highest BCUT2D eigenvalue weighted by molar-refractivity contribution is 7.80. The van der Waals surface area contributed by atoms with E-state index in [2.05, 4.69) is 17.9 Å². The summed E-state index contributed by atoms with van der Waals surface area (Å²) in [5, 5.41) is 0.707. The third-order valence-electron chi connectivity index (χ3n) is 5.44. The summed E-state index contributed by atoms with van der Waals surface area (Å²) in [4.78, 5) is 2.49. The third kappa shape index (κ3) is 4.26. The maximum Gasteiger partial charge on any atom is 0.265 e. The normalized spacial score (nSPS) is 20.2. The van der Waals surface area contributed by atoms with E-state index in [9.17, 15) is 0 Å². The number of hydrogen-bond donors (Lipinski definition) is 0. The molecule has 0 saturated heterocycles. The van der Waals surface area contributed by atoms with Crippen LogP contribution in [0.5, 0.6) is 5.75 Å². The Hall–Kier alpha value is -1.09. The van der Waals surface area contributed by atoms with Gasteiger partial charge in [0.2, 0.25) is 0 Å². The van der Waals surface area contributed by atoms with Gasteiger partial charge in [-0.15, -0.1) is 0 Å². The molecule has 23 heavy (non-hydrogen) atoms. The second-order valence-electron chi connectivity index (χ2n) is 7.12. The van der Waals surface area contributed by atoms with Crippen LogP contribution in [0.15, 0.2) is 24.3 Å². The number of nitrogens with zero attached hydrogens (tertiary/aromatic N) is 1. The molecule has 2 saturated carbocycles. The van der Waals surface area contributed by atoms with Crippen molar-refractivity contribution in [2.24, 2.45) is 0 Å². The predicted molar refractivity (Wildman–Crippen MR) is 100.0 cm³/mol. The third-order valence-corrected chi connectivity index (χ3v) is 5.73. The number of thiocarbonyl (C=S) groups is 1. The fraction of sp³-hybridized carbons (Fsp3) is 0.650. The minimum absolute atomic E-state index is 0.586. The van der Waals surface area contributed by atoms with Gasteiger partial charge in [0.25, 0.3) is 5.17 Å². The second kappa shape index (κ2) is 8.14. The average Bonchev–Trinajstić information content (AvgIpc) is 2.59. The van der Waals surface area contributed by atoms with Crippen LogP contribution in [0.3, 0.4) is 0 Å². The number of para-hydroxylation sites is 1. The first-order valence-corrected chi connectivity index (χ1v) is 9.72. The summed E-state index contributed by atoms with van der Waals surface area (Å²) in [6.07, 6.45) is 13.2. The first kappa shape index (κ1) is 16.8. The molecule has 0 spiro atoms. The highest BCUT2D eigenvalue weighted by Crippen LogP contribution is 2.31. The van der Waals surface area contributed by atoms with Crippen LogP contribution in [0.2, 0.25) is 0 Å². The van der Waals surface area contributed by atoms with Crippen LogP contribution >= 0.6 is 12.2 Å². The van der Waals surface area contributed by atoms with E-state index in [0.717, 1.165) is 11.3 Å². The number of ether oxygens (including phenoxy) is 1. The van der Waals surface area contributed by atoms with Crippen LogP contribution in [0.25, 0.3) is 0 Å². The smallest absolute Gasteiger partial charge is 0.265 e. The number of benzene rings is 1. The van der Waals surface area contributed by atoms with E-state index in [4.69, 9.17) is 17.0 Å². The molecule has 0 aromatic heterocycles. The molecular weight excluding hydrogens is 302 g/mol. The molecule has 0 unspecified atom stereocenters. The van der Waals surface area contributed by atoms with Crippen LogP contribution in [0, 0.1) is 6.92 Å². The minimum atomic E-state index is 0.586. The van der Waals surface area contributed by atoms with E-state index in [-0.39, 0.29) is 0 Å². The Kier molecular flexibility index (Phi) is 5.93. The number of rotatable bonds is 3. The van der Waals surface area contributed by atoms with Gasteiger partial charge in [-0.05, 0) is 56.5 Å². The summed E-state index contributed by atoms with van der Waals surface area (Å²) in [5.74, 6) is 0.911. The molecule has 2 nitrogen and oxygen atoms in total. The molecule has 0 aliphatic heterocycles. The van der Waals surface area contributed by atoms with Crippen molar-refractivity contribution in [2.75, 3.05) is 0 Å². The van der Waals surface area contributed by atoms with Crippen molar-refractivity contribution < 1.29 is 4.74 Å². The maximum atomic E-state index is 6.17. The van der Waals surface area contributed by atoms with Gasteiger partial charge in [0.1, 0.15) is 5.75 Å². The molecule has 1 aromatic rings. The molecule has 126 valence electrons. The zero-order valence-electron chi connectivity index (χ0n) is 14.3. The predicted octanol–water partition coefficient (Wildman–Crippen LogP) is 5.63. The van der Waals surface area contributed by atoms with Crippen LogP contribution in [0.1, 0.15) is 69.8 Å². The Morgan fingerprint density at radius 2 is 1.43 bits per heavy atom. The van der Waals surface area contributed by atoms with Crippen molar-refractivity contribution in [2.45, 2.75) is 83.2 Å². The lowest BCUT2D eigenvalue weighted by molar-refractivity contribution is 0.140. The summed E-state index contributed by atoms with van der Waals surface area (Å²) in [6, 6.07) is 9.36. The van der Waals surface area contributed by atoms with Crippen LogP contribution in [-0.2, 0) is 0 Å². The Morgan fingerprint density at radius 3 is 1.96 bits per heavy atom. The molecule has 2 aliphatic carbocycles. The minimum Gasteiger partial charge on any atom is -0.431 e. The molecule has 2 fully saturated rings. The zero-order chi connectivity index (χ0) is 16.1. The molecule has 2 aliphatic rings. The molecule has 1 aromatic carbocycles. The fourth-order valence-corrected chi connectivity index (χ4v) is 4.52. The van der Waals surface area contributed by atoms with E-state index in [0.29, 0.717) is 17.3 Å². The van der Waals surface area contributed by atoms with Crippen molar-refractivity contribution in [3.8, 4) is 5.75 Å². The second-order valence-corrected chi connectivity index (χ2v) is 7.47. The average molecular weight is 332 g/mol. The van der Waals surface area contributed by atoms with E-state index in [1.807, 2.05) is 18.2 Å². The van der Waals surface area contributed by atoms with Gasteiger partial charge in [-0.25, -0.2) is 0 Å². The molecule has 0 bridgehead atoms. The summed E-state index contributed by atoms with van der Waals surface area (Å²) in [5.41, 5.74) is 1.15. The van der Waals surface area contributed by atoms with Gasteiger partial charge in [-0.2, -0.15) is 0 Å². The van der Waals surface area contributed by atoms with Gasteiger partial charge < -0.3 is 9.64 Å². The fourth-order valence-electron chi connectivity index (χ4n) is 4.13. The lowest BCUT2D eigenvalue weighted by Crippen LogP contribution is -2.49. The van der Waals surface area contributed by atoms with E-state index in [1.165, 1.54) is 64.2 Å². The van der Waals surface area contributed by atoms with Crippen molar-refractivity contribution in [3.63, 3.8) is 0 Å². The summed E-state index contributed by atoms with van der Waals surface area (Å²) >= 11 is 5.78. The lowest BCUT2D eigenvalue weighted by atomic mass is 9.89. The quantitative estimate of drug-likeness (QED) is 0.666. The van der Waals surface area contributed by atoms with Crippen molar-refractivity contribution in [3.05, 3.63) is 29.8 Å². The molecule has 0 atom stereocenters. The largest absolute Gasteiger partial charge is 0.431 e. The zero-order valence-corrected chi connectivity index (χ0v) is 15.1. The SMILES string of the molecule is Cc1ccccc1OC(=S)N(C1CCCCC1)C1CCCCC1. The molecule has 0 N–H and O–H groups in total. The first-order valence-electron chi connectivity index (χ1n) is 9.31. The van der Waals surface area contributed by atoms with Gasteiger partial charge in [-0.1, -0.05) is 56.7 Å². The van der Waals surface area contributed by atoms with Gasteiger partial charge in [0.05, 0.1) is 0 Å². The van der Waals surface area contributed by atoms with Crippen LogP contribution in [0.4, 0.5) is 0 Å². The van der Waals surface area contributed by atoms with E-state index >= 15 is 0 Å². The highest BCUT2D eigenvalue weighted by atomic mass is 32.1. The molecular formula is C20H29NOS. The number of aryl methyl sites for hydroxylation is 1. The maximum absolute atomic E-state index is 6.17. The van der Waals surface area contributed by atoms with Gasteiger partial charge in [-0.3, -0.25) is 0 Å². The van der Waals surface area contributed by atoms with Crippen LogP contribution in [-0.4, -0.2) is 22.2 Å². The van der Waals surface area contributed by atoms with Gasteiger partial charge in [0.15, 0.2) is 0 Å². The molecule has 0 amide bonds. The van der Waals surface area contributed by atoms with E-state index < -0.39 is 0 Å². The Bertz CT molecular complexity index is 500. The summed E-state index contributed by atoms with van der Waals surface area (Å²) < 4.78 is 6.17. The molecule has 0 heterocycles. The highest BCUT2D eigenvalue weighted by Gasteiger charge is 2.31. The Balaban J connectivity index is 1.75. The van der Waals surface area contributed by atoms with Gasteiger partial charge >= 0.3 is 0 Å². The molecule has 3 heteroatoms.